The third-order valence-electron chi connectivity index (χ3n) is 0.919. The molecule has 0 N–H and O–H groups in total. The quantitative estimate of drug-likeness (QED) is 0.621. The zero-order chi connectivity index (χ0) is 6.85. The van der Waals surface area contributed by atoms with Crippen molar-refractivity contribution in [3.05, 3.63) is 29.8 Å². The monoisotopic (exact) mass is 300 g/mol. The molecule has 0 amide bonds. The third-order valence-corrected chi connectivity index (χ3v) is 1.74. The van der Waals surface area contributed by atoms with E-state index in [1.54, 1.807) is 0 Å². The normalized spacial score (nSPS) is 8.60. The van der Waals surface area contributed by atoms with E-state index in [1.165, 1.54) is 18.2 Å². The van der Waals surface area contributed by atoms with Gasteiger partial charge >= 0.3 is 59.1 Å². The first-order chi connectivity index (χ1) is 4.22. The molecule has 1 aromatic carbocycles. The predicted molar refractivity (Wildman–Crippen MR) is 31.7 cm³/mol. The van der Waals surface area contributed by atoms with E-state index in [-0.39, 0.29) is 26.8 Å². The Bertz CT molecular complexity index is 207. The van der Waals surface area contributed by atoms with Crippen molar-refractivity contribution in [2.75, 3.05) is 0 Å². The van der Waals surface area contributed by atoms with E-state index < -0.39 is 11.6 Å². The predicted octanol–water partition coefficient (Wildman–Crippen LogP) is 0.756. The summed E-state index contributed by atoms with van der Waals surface area (Å²) in [7, 11) is 0. The van der Waals surface area contributed by atoms with Crippen LogP contribution in [0.4, 0.5) is 8.78 Å². The summed E-state index contributed by atoms with van der Waals surface area (Å²) in [6.45, 7) is 0. The van der Waals surface area contributed by atoms with Crippen LogP contribution in [0.5, 0.6) is 0 Å². The van der Waals surface area contributed by atoms with Gasteiger partial charge in [-0.15, -0.1) is 0 Å². The summed E-state index contributed by atoms with van der Waals surface area (Å²) in [5.41, 5.74) is 0. The molecular formula is C6H3AgF2Se. The van der Waals surface area contributed by atoms with Gasteiger partial charge in [-0.25, -0.2) is 0 Å². The molecule has 2 radical (unpaired) electrons. The summed E-state index contributed by atoms with van der Waals surface area (Å²) >= 11 is 2.29. The number of hydrogen-bond donors (Lipinski definition) is 0. The summed E-state index contributed by atoms with van der Waals surface area (Å²) in [6, 6.07) is 3.73. The Morgan fingerprint density at radius 3 is 1.80 bits per heavy atom. The van der Waals surface area contributed by atoms with Crippen molar-refractivity contribution < 1.29 is 31.2 Å². The first kappa shape index (κ1) is 10.3. The van der Waals surface area contributed by atoms with Crippen molar-refractivity contribution in [1.82, 2.24) is 0 Å². The molecule has 10 heavy (non-hydrogen) atoms. The fourth-order valence-electron chi connectivity index (χ4n) is 0.483. The van der Waals surface area contributed by atoms with Crippen LogP contribution < -0.4 is 4.46 Å². The van der Waals surface area contributed by atoms with Crippen LogP contribution in [0.3, 0.4) is 0 Å². The second kappa shape index (κ2) is 4.27. The topological polar surface area (TPSA) is 0 Å². The van der Waals surface area contributed by atoms with Gasteiger partial charge in [0.05, 0.1) is 0 Å². The van der Waals surface area contributed by atoms with Gasteiger partial charge in [0.15, 0.2) is 0 Å². The Morgan fingerprint density at radius 2 is 1.50 bits per heavy atom. The van der Waals surface area contributed by atoms with Crippen molar-refractivity contribution in [2.24, 2.45) is 0 Å². The molecule has 0 heterocycles. The van der Waals surface area contributed by atoms with E-state index in [1.807, 2.05) is 0 Å². The molecule has 1 aromatic rings. The number of halogens is 2. The van der Waals surface area contributed by atoms with Crippen LogP contribution in [-0.2, 0) is 22.4 Å². The zero-order valence-corrected chi connectivity index (χ0v) is 7.89. The van der Waals surface area contributed by atoms with E-state index in [0.717, 1.165) is 0 Å². The minimum atomic E-state index is -0.546. The number of rotatable bonds is 0. The van der Waals surface area contributed by atoms with Gasteiger partial charge in [-0.1, -0.05) is 0 Å². The average Bonchev–Trinajstić information content (AvgIpc) is 1.83. The molecular weight excluding hydrogens is 297 g/mol. The van der Waals surface area contributed by atoms with Gasteiger partial charge in [0.2, 0.25) is 0 Å². The summed E-state index contributed by atoms with van der Waals surface area (Å²) in [4.78, 5) is 0. The van der Waals surface area contributed by atoms with Crippen molar-refractivity contribution >= 4 is 20.5 Å². The first-order valence-electron chi connectivity index (χ1n) is 2.33. The molecule has 0 atom stereocenters. The molecule has 0 aliphatic carbocycles. The van der Waals surface area contributed by atoms with E-state index in [4.69, 9.17) is 0 Å². The SMILES string of the molecule is Fc1cccc(F)c1[Se].[Ag]. The molecule has 1 rings (SSSR count). The Hall–Kier alpha value is 0.340. The Morgan fingerprint density at radius 1 is 1.10 bits per heavy atom. The first-order valence-corrected chi connectivity index (χ1v) is 3.18. The molecule has 4 heteroatoms. The summed E-state index contributed by atoms with van der Waals surface area (Å²) in [6.07, 6.45) is 0. The maximum absolute atomic E-state index is 12.3. The second-order valence-electron chi connectivity index (χ2n) is 1.55. The van der Waals surface area contributed by atoms with Gasteiger partial charge < -0.3 is 0 Å². The van der Waals surface area contributed by atoms with E-state index in [2.05, 4.69) is 16.0 Å². The Kier molecular flexibility index (Phi) is 4.41. The zero-order valence-electron chi connectivity index (χ0n) is 4.70. The number of hydrogen-bond acceptors (Lipinski definition) is 0. The van der Waals surface area contributed by atoms with Gasteiger partial charge in [0, 0.05) is 22.4 Å². The largest absolute Gasteiger partial charge is 0 e. The van der Waals surface area contributed by atoms with E-state index in [9.17, 15) is 8.78 Å². The third kappa shape index (κ3) is 2.18. The number of benzene rings is 1. The van der Waals surface area contributed by atoms with Crippen LogP contribution in [0.1, 0.15) is 0 Å². The van der Waals surface area contributed by atoms with Crippen LogP contribution in [0, 0.1) is 11.6 Å². The molecule has 0 bridgehead atoms. The van der Waals surface area contributed by atoms with Crippen LogP contribution >= 0.6 is 0 Å². The van der Waals surface area contributed by atoms with Crippen LogP contribution in [0.25, 0.3) is 0 Å². The van der Waals surface area contributed by atoms with Crippen molar-refractivity contribution in [3.8, 4) is 0 Å². The molecule has 0 saturated heterocycles. The molecule has 0 spiro atoms. The van der Waals surface area contributed by atoms with Crippen molar-refractivity contribution in [2.45, 2.75) is 0 Å². The molecule has 0 nitrogen and oxygen atoms in total. The molecule has 0 fully saturated rings. The fraction of sp³-hybridized carbons (Fsp3) is 0. The molecule has 0 aliphatic rings. The standard InChI is InChI=1S/C6H3F2Se.Ag/c7-4-2-1-3-5(8)6(4)9;/h1-3H;. The molecule has 58 valence electrons. The van der Waals surface area contributed by atoms with Crippen molar-refractivity contribution in [1.29, 1.82) is 0 Å². The molecule has 0 saturated carbocycles. The van der Waals surface area contributed by atoms with Crippen molar-refractivity contribution in [3.63, 3.8) is 0 Å². The maximum atomic E-state index is 12.3. The molecule has 0 aliphatic heterocycles. The Labute approximate surface area is 81.3 Å². The average molecular weight is 300 g/mol. The smallest absolute Gasteiger partial charge is 0 e. The van der Waals surface area contributed by atoms with Crippen LogP contribution in [0.15, 0.2) is 18.2 Å². The van der Waals surface area contributed by atoms with Gasteiger partial charge in [-0.3, -0.25) is 0 Å². The van der Waals surface area contributed by atoms with Gasteiger partial charge in [0.25, 0.3) is 0 Å². The van der Waals surface area contributed by atoms with E-state index >= 15 is 0 Å². The van der Waals surface area contributed by atoms with Crippen LogP contribution in [0.2, 0.25) is 0 Å². The van der Waals surface area contributed by atoms with Gasteiger partial charge in [-0.05, 0) is 0 Å². The maximum Gasteiger partial charge on any atom is 0 e. The minimum Gasteiger partial charge on any atom is 0 e. The molecule has 0 unspecified atom stereocenters. The minimum absolute atomic E-state index is 0. The summed E-state index contributed by atoms with van der Waals surface area (Å²) < 4.78 is 24.6. The Balaban J connectivity index is 0.000000810. The summed E-state index contributed by atoms with van der Waals surface area (Å²) in [5, 5.41) is 0. The molecule has 0 aromatic heterocycles. The second-order valence-corrected chi connectivity index (χ2v) is 2.41. The van der Waals surface area contributed by atoms with E-state index in [0.29, 0.717) is 0 Å². The van der Waals surface area contributed by atoms with Crippen LogP contribution in [-0.4, -0.2) is 16.0 Å². The summed E-state index contributed by atoms with van der Waals surface area (Å²) in [5.74, 6) is -1.09. The fourth-order valence-corrected chi connectivity index (χ4v) is 0.768. The van der Waals surface area contributed by atoms with Gasteiger partial charge in [0.1, 0.15) is 0 Å². The van der Waals surface area contributed by atoms with Gasteiger partial charge in [-0.2, -0.15) is 0 Å².